The zero-order valence-corrected chi connectivity index (χ0v) is 9.96. The van der Waals surface area contributed by atoms with Crippen LogP contribution in [0.3, 0.4) is 0 Å². The van der Waals surface area contributed by atoms with E-state index in [9.17, 15) is 0 Å². The van der Waals surface area contributed by atoms with E-state index in [-0.39, 0.29) is 12.1 Å². The molecule has 0 aliphatic heterocycles. The van der Waals surface area contributed by atoms with Gasteiger partial charge in [0.1, 0.15) is 18.1 Å². The molecule has 1 aliphatic rings. The number of hydrogen-bond acceptors (Lipinski definition) is 3. The summed E-state index contributed by atoms with van der Waals surface area (Å²) < 4.78 is 5.46. The van der Waals surface area contributed by atoms with Crippen molar-refractivity contribution >= 4 is 0 Å². The molecule has 1 aromatic rings. The Balaban J connectivity index is 1.86. The summed E-state index contributed by atoms with van der Waals surface area (Å²) in [5, 5.41) is 12.5. The summed E-state index contributed by atoms with van der Waals surface area (Å²) in [5.41, 5.74) is 0.268. The van der Waals surface area contributed by atoms with E-state index in [1.54, 1.807) is 0 Å². The van der Waals surface area contributed by atoms with Gasteiger partial charge in [0.15, 0.2) is 0 Å². The second kappa shape index (κ2) is 5.02. The molecular weight excluding hydrogens is 202 g/mol. The van der Waals surface area contributed by atoms with Gasteiger partial charge in [0.25, 0.3) is 0 Å². The molecule has 0 atom stereocenters. The lowest BCUT2D eigenvalue weighted by Crippen LogP contribution is -2.43. The maximum atomic E-state index is 8.90. The van der Waals surface area contributed by atoms with Gasteiger partial charge in [0.2, 0.25) is 0 Å². The molecule has 3 nitrogen and oxygen atoms in total. The molecule has 0 saturated heterocycles. The lowest BCUT2D eigenvalue weighted by Gasteiger charge is -2.34. The van der Waals surface area contributed by atoms with E-state index < -0.39 is 0 Å². The van der Waals surface area contributed by atoms with Gasteiger partial charge >= 0.3 is 0 Å². The van der Waals surface area contributed by atoms with E-state index in [0.717, 1.165) is 12.3 Å². The zero-order chi connectivity index (χ0) is 11.4. The summed E-state index contributed by atoms with van der Waals surface area (Å²) in [7, 11) is 0. The maximum absolute atomic E-state index is 8.90. The molecule has 1 aromatic heterocycles. The Labute approximate surface area is 96.8 Å². The van der Waals surface area contributed by atoms with Crippen molar-refractivity contribution in [3.63, 3.8) is 0 Å². The molecule has 3 heteroatoms. The van der Waals surface area contributed by atoms with Crippen LogP contribution in [0.2, 0.25) is 0 Å². The van der Waals surface area contributed by atoms with E-state index in [4.69, 9.17) is 9.52 Å². The molecule has 2 rings (SSSR count). The van der Waals surface area contributed by atoms with Crippen molar-refractivity contribution in [3.05, 3.63) is 23.7 Å². The Bertz CT molecular complexity index is 326. The third kappa shape index (κ3) is 2.86. The van der Waals surface area contributed by atoms with Crippen molar-refractivity contribution < 1.29 is 9.52 Å². The standard InChI is InChI=1S/C13H21NO2/c1-13(7-3-2-4-8-13)14-9-11-5-6-12(10-15)16-11/h5-6,14-15H,2-4,7-10H2,1H3. The highest BCUT2D eigenvalue weighted by molar-refractivity contribution is 5.06. The summed E-state index contributed by atoms with van der Waals surface area (Å²) in [6, 6.07) is 3.77. The van der Waals surface area contributed by atoms with E-state index in [0.29, 0.717) is 5.76 Å². The van der Waals surface area contributed by atoms with Crippen LogP contribution in [0.1, 0.15) is 50.5 Å². The molecule has 1 aliphatic carbocycles. The minimum Gasteiger partial charge on any atom is -0.462 e. The number of furan rings is 1. The van der Waals surface area contributed by atoms with E-state index in [1.165, 1.54) is 32.1 Å². The fourth-order valence-electron chi connectivity index (χ4n) is 2.41. The Morgan fingerprint density at radius 2 is 1.94 bits per heavy atom. The van der Waals surface area contributed by atoms with Crippen LogP contribution in [0, 0.1) is 0 Å². The van der Waals surface area contributed by atoms with Crippen molar-refractivity contribution in [1.29, 1.82) is 0 Å². The predicted octanol–water partition coefficient (Wildman–Crippen LogP) is 2.58. The van der Waals surface area contributed by atoms with Crippen LogP contribution in [0.4, 0.5) is 0 Å². The van der Waals surface area contributed by atoms with Gasteiger partial charge in [0, 0.05) is 5.54 Å². The van der Waals surface area contributed by atoms with Gasteiger partial charge in [-0.05, 0) is 31.9 Å². The van der Waals surface area contributed by atoms with Gasteiger partial charge in [-0.2, -0.15) is 0 Å². The van der Waals surface area contributed by atoms with Gasteiger partial charge in [-0.15, -0.1) is 0 Å². The summed E-state index contributed by atoms with van der Waals surface area (Å²) in [6.07, 6.45) is 6.51. The lowest BCUT2D eigenvalue weighted by molar-refractivity contribution is 0.229. The largest absolute Gasteiger partial charge is 0.462 e. The Morgan fingerprint density at radius 1 is 1.25 bits per heavy atom. The monoisotopic (exact) mass is 223 g/mol. The minimum atomic E-state index is -0.0166. The van der Waals surface area contributed by atoms with Crippen molar-refractivity contribution in [3.8, 4) is 0 Å². The lowest BCUT2D eigenvalue weighted by atomic mass is 9.83. The van der Waals surface area contributed by atoms with Crippen molar-refractivity contribution in [2.24, 2.45) is 0 Å². The summed E-state index contributed by atoms with van der Waals surface area (Å²) in [5.74, 6) is 1.56. The van der Waals surface area contributed by atoms with Gasteiger partial charge in [0.05, 0.1) is 6.54 Å². The van der Waals surface area contributed by atoms with Gasteiger partial charge < -0.3 is 14.8 Å². The van der Waals surface area contributed by atoms with Gasteiger partial charge in [-0.3, -0.25) is 0 Å². The molecule has 90 valence electrons. The number of rotatable bonds is 4. The number of nitrogens with one attached hydrogen (secondary N) is 1. The van der Waals surface area contributed by atoms with Crippen molar-refractivity contribution in [2.45, 2.75) is 57.7 Å². The molecule has 0 unspecified atom stereocenters. The average molecular weight is 223 g/mol. The first kappa shape index (κ1) is 11.7. The van der Waals surface area contributed by atoms with Crippen LogP contribution in [0.25, 0.3) is 0 Å². The fraction of sp³-hybridized carbons (Fsp3) is 0.692. The van der Waals surface area contributed by atoms with Crippen LogP contribution in [0.5, 0.6) is 0 Å². The summed E-state index contributed by atoms with van der Waals surface area (Å²) >= 11 is 0. The Kier molecular flexibility index (Phi) is 3.66. The smallest absolute Gasteiger partial charge is 0.129 e. The second-order valence-corrected chi connectivity index (χ2v) is 5.00. The van der Waals surface area contributed by atoms with Crippen molar-refractivity contribution in [2.75, 3.05) is 0 Å². The third-order valence-corrected chi connectivity index (χ3v) is 3.52. The minimum absolute atomic E-state index is 0.0166. The van der Waals surface area contributed by atoms with Crippen LogP contribution in [0.15, 0.2) is 16.5 Å². The first-order valence-corrected chi connectivity index (χ1v) is 6.15. The molecule has 0 radical (unpaired) electrons. The molecule has 2 N–H and O–H groups in total. The first-order chi connectivity index (χ1) is 7.72. The molecule has 1 heterocycles. The third-order valence-electron chi connectivity index (χ3n) is 3.52. The predicted molar refractivity (Wildman–Crippen MR) is 63.0 cm³/mol. The number of aliphatic hydroxyl groups excluding tert-OH is 1. The number of aliphatic hydroxyl groups is 1. The molecule has 0 bridgehead atoms. The van der Waals surface area contributed by atoms with Crippen LogP contribution < -0.4 is 5.32 Å². The Hall–Kier alpha value is -0.800. The quantitative estimate of drug-likeness (QED) is 0.824. The fourth-order valence-corrected chi connectivity index (χ4v) is 2.41. The topological polar surface area (TPSA) is 45.4 Å². The van der Waals surface area contributed by atoms with Crippen LogP contribution in [-0.2, 0) is 13.2 Å². The van der Waals surface area contributed by atoms with E-state index in [1.807, 2.05) is 12.1 Å². The first-order valence-electron chi connectivity index (χ1n) is 6.15. The molecule has 1 fully saturated rings. The van der Waals surface area contributed by atoms with Crippen LogP contribution >= 0.6 is 0 Å². The second-order valence-electron chi connectivity index (χ2n) is 5.00. The summed E-state index contributed by atoms with van der Waals surface area (Å²) in [4.78, 5) is 0. The highest BCUT2D eigenvalue weighted by Crippen LogP contribution is 2.27. The molecule has 0 aromatic carbocycles. The normalized spacial score (nSPS) is 19.9. The van der Waals surface area contributed by atoms with E-state index in [2.05, 4.69) is 12.2 Å². The molecule has 1 saturated carbocycles. The highest BCUT2D eigenvalue weighted by atomic mass is 16.4. The molecule has 0 spiro atoms. The highest BCUT2D eigenvalue weighted by Gasteiger charge is 2.25. The van der Waals surface area contributed by atoms with Crippen molar-refractivity contribution in [1.82, 2.24) is 5.32 Å². The van der Waals surface area contributed by atoms with Crippen LogP contribution in [-0.4, -0.2) is 10.6 Å². The van der Waals surface area contributed by atoms with Gasteiger partial charge in [-0.1, -0.05) is 19.3 Å². The average Bonchev–Trinajstić information content (AvgIpc) is 2.75. The van der Waals surface area contributed by atoms with Gasteiger partial charge in [-0.25, -0.2) is 0 Å². The number of hydrogen-bond donors (Lipinski definition) is 2. The molecule has 0 amide bonds. The molecular formula is C13H21NO2. The summed E-state index contributed by atoms with van der Waals surface area (Å²) in [6.45, 7) is 3.04. The SMILES string of the molecule is CC1(NCc2ccc(CO)o2)CCCCC1. The molecule has 16 heavy (non-hydrogen) atoms. The zero-order valence-electron chi connectivity index (χ0n) is 9.96. The Morgan fingerprint density at radius 3 is 2.56 bits per heavy atom. The maximum Gasteiger partial charge on any atom is 0.129 e. The van der Waals surface area contributed by atoms with E-state index >= 15 is 0 Å².